The first-order chi connectivity index (χ1) is 30.7. The van der Waals surface area contributed by atoms with Gasteiger partial charge >= 0.3 is 0 Å². The highest BCUT2D eigenvalue weighted by Gasteiger charge is 2.18. The van der Waals surface area contributed by atoms with E-state index >= 15 is 0 Å². The van der Waals surface area contributed by atoms with Gasteiger partial charge in [0.05, 0.1) is 16.7 Å². The smallest absolute Gasteiger partial charge is 0.162 e. The van der Waals surface area contributed by atoms with Crippen molar-refractivity contribution in [3.8, 4) is 50.7 Å². The molecule has 0 atom stereocenters. The summed E-state index contributed by atoms with van der Waals surface area (Å²) in [6.07, 6.45) is 3.96. The van der Waals surface area contributed by atoms with Crippen LogP contribution in [-0.4, -0.2) is 19.5 Å². The molecule has 4 heterocycles. The summed E-state index contributed by atoms with van der Waals surface area (Å²) < 4.78 is 4.85. The number of benzene rings is 9. The third-order valence-electron chi connectivity index (χ3n) is 12.5. The standard InChI is InChI=1S/C57H34N4S/c1-3-13-35(14-4-1)51-32-56(60-57(59-51)36-15-5-2-6-16-36)61-52-22-12-11-21-45(52)49-28-37(24-26-53(49)61)39-27-40(34-58-33-39)38-23-25-46-50-30-47-43-19-9-7-17-41(43)42-18-8-10-20-44(42)48(47)31-55(50)62-54(46)29-38/h1-34H. The third-order valence-corrected chi connectivity index (χ3v) is 13.6. The molecule has 13 rings (SSSR count). The van der Waals surface area contributed by atoms with Gasteiger partial charge in [0, 0.05) is 71.7 Å². The fourth-order valence-corrected chi connectivity index (χ4v) is 10.7. The summed E-state index contributed by atoms with van der Waals surface area (Å²) in [6.45, 7) is 0. The predicted octanol–water partition coefficient (Wildman–Crippen LogP) is 15.5. The highest BCUT2D eigenvalue weighted by atomic mass is 32.1. The summed E-state index contributed by atoms with van der Waals surface area (Å²) in [6, 6.07) is 69.6. The van der Waals surface area contributed by atoms with Gasteiger partial charge in [0.2, 0.25) is 0 Å². The van der Waals surface area contributed by atoms with Crippen LogP contribution in [0.3, 0.4) is 0 Å². The van der Waals surface area contributed by atoms with E-state index in [2.05, 4.69) is 174 Å². The van der Waals surface area contributed by atoms with Crippen LogP contribution in [0.2, 0.25) is 0 Å². The van der Waals surface area contributed by atoms with Gasteiger partial charge in [-0.3, -0.25) is 9.55 Å². The SMILES string of the molecule is c1ccc(-c2cc(-n3c4ccccc4c4cc(-c5cncc(-c6ccc7c(c6)sc6cc8c9ccccc9c9ccccc9c8cc67)c5)ccc43)nc(-c3ccccc3)n2)cc1. The minimum Gasteiger partial charge on any atom is -0.294 e. The van der Waals surface area contributed by atoms with Crippen LogP contribution in [-0.2, 0) is 0 Å². The zero-order valence-electron chi connectivity index (χ0n) is 33.3. The zero-order valence-corrected chi connectivity index (χ0v) is 34.1. The van der Waals surface area contributed by atoms with E-state index in [1.165, 1.54) is 57.9 Å². The molecule has 0 N–H and O–H groups in total. The highest BCUT2D eigenvalue weighted by molar-refractivity contribution is 7.26. The molecular weight excluding hydrogens is 773 g/mol. The summed E-state index contributed by atoms with van der Waals surface area (Å²) in [5.74, 6) is 1.52. The average Bonchev–Trinajstić information content (AvgIpc) is 3.88. The Bertz CT molecular complexity index is 3870. The lowest BCUT2D eigenvalue weighted by molar-refractivity contribution is 1.05. The Hall–Kier alpha value is -7.99. The van der Waals surface area contributed by atoms with Gasteiger partial charge in [0.1, 0.15) is 5.82 Å². The number of hydrogen-bond donors (Lipinski definition) is 0. The van der Waals surface area contributed by atoms with Crippen LogP contribution < -0.4 is 0 Å². The van der Waals surface area contributed by atoms with Crippen molar-refractivity contribution >= 4 is 85.6 Å². The van der Waals surface area contributed by atoms with E-state index < -0.39 is 0 Å². The lowest BCUT2D eigenvalue weighted by Gasteiger charge is -2.12. The van der Waals surface area contributed by atoms with Crippen molar-refractivity contribution < 1.29 is 0 Å². The van der Waals surface area contributed by atoms with Crippen molar-refractivity contribution in [1.82, 2.24) is 19.5 Å². The molecule has 0 aliphatic rings. The van der Waals surface area contributed by atoms with Crippen LogP contribution in [0.1, 0.15) is 0 Å². The van der Waals surface area contributed by atoms with E-state index in [9.17, 15) is 0 Å². The Morgan fingerprint density at radius 3 is 1.61 bits per heavy atom. The molecule has 13 aromatic rings. The van der Waals surface area contributed by atoms with Crippen LogP contribution in [0.25, 0.3) is 125 Å². The van der Waals surface area contributed by atoms with Gasteiger partial charge in [-0.05, 0) is 85.9 Å². The maximum absolute atomic E-state index is 5.21. The topological polar surface area (TPSA) is 43.6 Å². The second kappa shape index (κ2) is 13.8. The normalized spacial score (nSPS) is 11.9. The van der Waals surface area contributed by atoms with Crippen molar-refractivity contribution in [3.63, 3.8) is 0 Å². The lowest BCUT2D eigenvalue weighted by Crippen LogP contribution is -2.02. The first kappa shape index (κ1) is 34.8. The van der Waals surface area contributed by atoms with Gasteiger partial charge in [0.15, 0.2) is 5.82 Å². The van der Waals surface area contributed by atoms with Gasteiger partial charge in [-0.25, -0.2) is 9.97 Å². The maximum atomic E-state index is 5.21. The number of thiophene rings is 1. The summed E-state index contributed by atoms with van der Waals surface area (Å²) in [5.41, 5.74) is 9.51. The lowest BCUT2D eigenvalue weighted by atomic mass is 9.93. The Labute approximate surface area is 360 Å². The van der Waals surface area contributed by atoms with Gasteiger partial charge in [-0.2, -0.15) is 0 Å². The van der Waals surface area contributed by atoms with Gasteiger partial charge < -0.3 is 0 Å². The molecule has 0 fully saturated rings. The van der Waals surface area contributed by atoms with E-state index in [1.54, 1.807) is 0 Å². The average molecular weight is 807 g/mol. The van der Waals surface area contributed by atoms with Crippen LogP contribution in [0.5, 0.6) is 0 Å². The summed E-state index contributed by atoms with van der Waals surface area (Å²) in [4.78, 5) is 15.1. The quantitative estimate of drug-likeness (QED) is 0.163. The molecule has 0 saturated carbocycles. The number of aromatic nitrogens is 4. The molecule has 0 spiro atoms. The van der Waals surface area contributed by atoms with Crippen LogP contribution in [0, 0.1) is 0 Å². The van der Waals surface area contributed by atoms with E-state index in [4.69, 9.17) is 15.0 Å². The Balaban J connectivity index is 0.920. The Kier molecular flexibility index (Phi) is 7.74. The fourth-order valence-electron chi connectivity index (χ4n) is 9.53. The second-order valence-corrected chi connectivity index (χ2v) is 17.1. The number of nitrogens with zero attached hydrogens (tertiary/aromatic N) is 4. The van der Waals surface area contributed by atoms with E-state index in [0.717, 1.165) is 61.3 Å². The predicted molar refractivity (Wildman–Crippen MR) is 261 cm³/mol. The fraction of sp³-hybridized carbons (Fsp3) is 0. The molecule has 288 valence electrons. The largest absolute Gasteiger partial charge is 0.294 e. The number of rotatable bonds is 5. The molecule has 0 aliphatic heterocycles. The molecule has 0 amide bonds. The van der Waals surface area contributed by atoms with E-state index in [-0.39, 0.29) is 0 Å². The molecule has 4 aromatic heterocycles. The monoisotopic (exact) mass is 806 g/mol. The van der Waals surface area contributed by atoms with Gasteiger partial charge in [-0.15, -0.1) is 11.3 Å². The van der Waals surface area contributed by atoms with Gasteiger partial charge in [0.25, 0.3) is 0 Å². The minimum absolute atomic E-state index is 0.692. The molecule has 5 heteroatoms. The Morgan fingerprint density at radius 2 is 0.887 bits per heavy atom. The molecular formula is C57H34N4S. The molecule has 9 aromatic carbocycles. The van der Waals surface area contributed by atoms with Crippen LogP contribution >= 0.6 is 11.3 Å². The molecule has 4 nitrogen and oxygen atoms in total. The number of hydrogen-bond acceptors (Lipinski definition) is 4. The van der Waals surface area contributed by atoms with E-state index in [0.29, 0.717) is 5.82 Å². The summed E-state index contributed by atoms with van der Waals surface area (Å²) in [5, 5.41) is 12.7. The van der Waals surface area contributed by atoms with Crippen molar-refractivity contribution in [2.45, 2.75) is 0 Å². The number of fused-ring (bicyclic) bond motifs is 12. The van der Waals surface area contributed by atoms with Crippen molar-refractivity contribution in [2.75, 3.05) is 0 Å². The zero-order chi connectivity index (χ0) is 40.7. The van der Waals surface area contributed by atoms with Crippen LogP contribution in [0.4, 0.5) is 0 Å². The highest BCUT2D eigenvalue weighted by Crippen LogP contribution is 2.43. The van der Waals surface area contributed by atoms with Crippen molar-refractivity contribution in [1.29, 1.82) is 0 Å². The van der Waals surface area contributed by atoms with Crippen molar-refractivity contribution in [3.05, 3.63) is 207 Å². The first-order valence-electron chi connectivity index (χ1n) is 20.9. The van der Waals surface area contributed by atoms with Gasteiger partial charge in [-0.1, -0.05) is 146 Å². The van der Waals surface area contributed by atoms with E-state index in [1.807, 2.05) is 48.0 Å². The van der Waals surface area contributed by atoms with Crippen LogP contribution in [0.15, 0.2) is 207 Å². The molecule has 62 heavy (non-hydrogen) atoms. The molecule has 0 saturated heterocycles. The summed E-state index contributed by atoms with van der Waals surface area (Å²) in [7, 11) is 0. The first-order valence-corrected chi connectivity index (χ1v) is 21.7. The molecule has 0 radical (unpaired) electrons. The summed E-state index contributed by atoms with van der Waals surface area (Å²) >= 11 is 1.87. The molecule has 0 aliphatic carbocycles. The molecule has 0 bridgehead atoms. The second-order valence-electron chi connectivity index (χ2n) is 16.0. The Morgan fingerprint density at radius 1 is 0.323 bits per heavy atom. The molecule has 0 unspecified atom stereocenters. The number of pyridine rings is 1. The van der Waals surface area contributed by atoms with Crippen molar-refractivity contribution in [2.24, 2.45) is 0 Å². The third kappa shape index (κ3) is 5.49. The maximum Gasteiger partial charge on any atom is 0.162 e. The minimum atomic E-state index is 0.692. The number of para-hydroxylation sites is 1.